The van der Waals surface area contributed by atoms with Gasteiger partial charge in [0.15, 0.2) is 11.5 Å². The molecule has 1 aliphatic carbocycles. The molecule has 0 unspecified atom stereocenters. The molecule has 0 aromatic carbocycles. The number of hydrogen-bond acceptors (Lipinski definition) is 3. The first-order valence-electron chi connectivity index (χ1n) is 5.24. The lowest BCUT2D eigenvalue weighted by molar-refractivity contribution is 0.100. The highest BCUT2D eigenvalue weighted by atomic mass is 16.5. The summed E-state index contributed by atoms with van der Waals surface area (Å²) in [6.45, 7) is 1.55. The van der Waals surface area contributed by atoms with Gasteiger partial charge in [-0.25, -0.2) is 0 Å². The average Bonchev–Trinajstić information content (AvgIpc) is 2.67. The highest BCUT2D eigenvalue weighted by Crippen LogP contribution is 2.34. The maximum absolute atomic E-state index is 11.2. The quantitative estimate of drug-likeness (QED) is 0.678. The Bertz CT molecular complexity index is 324. The molecule has 2 rings (SSSR count). The van der Waals surface area contributed by atoms with E-state index in [0.717, 1.165) is 5.56 Å². The predicted molar refractivity (Wildman–Crippen MR) is 52.3 cm³/mol. The van der Waals surface area contributed by atoms with Gasteiger partial charge in [0.1, 0.15) is 6.26 Å². The van der Waals surface area contributed by atoms with Gasteiger partial charge in [0.2, 0.25) is 0 Å². The zero-order chi connectivity index (χ0) is 9.97. The first-order chi connectivity index (χ1) is 6.79. The van der Waals surface area contributed by atoms with Gasteiger partial charge in [-0.3, -0.25) is 4.79 Å². The monoisotopic (exact) mass is 193 g/mol. The van der Waals surface area contributed by atoms with Gasteiger partial charge < -0.3 is 4.52 Å². The number of rotatable bonds is 2. The van der Waals surface area contributed by atoms with Crippen molar-refractivity contribution >= 4 is 5.78 Å². The summed E-state index contributed by atoms with van der Waals surface area (Å²) in [6, 6.07) is 0. The second-order valence-electron chi connectivity index (χ2n) is 4.01. The summed E-state index contributed by atoms with van der Waals surface area (Å²) in [5, 5.41) is 3.77. The lowest BCUT2D eigenvalue weighted by atomic mass is 9.84. The molecular formula is C11H15NO2. The topological polar surface area (TPSA) is 43.1 Å². The van der Waals surface area contributed by atoms with E-state index in [1.165, 1.54) is 32.1 Å². The van der Waals surface area contributed by atoms with E-state index in [-0.39, 0.29) is 5.78 Å². The van der Waals surface area contributed by atoms with Gasteiger partial charge in [0.25, 0.3) is 0 Å². The molecular weight excluding hydrogens is 178 g/mol. The van der Waals surface area contributed by atoms with Crippen LogP contribution in [0.5, 0.6) is 0 Å². The normalized spacial score (nSPS) is 18.4. The largest absolute Gasteiger partial charge is 0.364 e. The summed E-state index contributed by atoms with van der Waals surface area (Å²) in [5.41, 5.74) is 1.56. The number of Topliss-reactive ketones (excluding diaryl/α,β-unsaturated/α-hetero) is 1. The van der Waals surface area contributed by atoms with Gasteiger partial charge in [-0.1, -0.05) is 24.4 Å². The van der Waals surface area contributed by atoms with Crippen molar-refractivity contribution < 1.29 is 9.32 Å². The molecule has 0 atom stereocenters. The number of carbonyl (C=O) groups excluding carboxylic acids is 1. The van der Waals surface area contributed by atoms with Gasteiger partial charge in [0.05, 0.1) is 0 Å². The number of carbonyl (C=O) groups is 1. The third-order valence-corrected chi connectivity index (χ3v) is 2.98. The number of nitrogens with zero attached hydrogens (tertiary/aromatic N) is 1. The van der Waals surface area contributed by atoms with E-state index in [0.29, 0.717) is 11.6 Å². The van der Waals surface area contributed by atoms with Crippen molar-refractivity contribution in [1.82, 2.24) is 5.16 Å². The van der Waals surface area contributed by atoms with E-state index in [4.69, 9.17) is 4.52 Å². The zero-order valence-corrected chi connectivity index (χ0v) is 8.45. The van der Waals surface area contributed by atoms with E-state index >= 15 is 0 Å². The fraction of sp³-hybridized carbons (Fsp3) is 0.636. The molecule has 0 radical (unpaired) electrons. The maximum atomic E-state index is 11.2. The highest BCUT2D eigenvalue weighted by molar-refractivity contribution is 5.93. The Balaban J connectivity index is 2.21. The van der Waals surface area contributed by atoms with Crippen molar-refractivity contribution in [2.75, 3.05) is 0 Å². The second-order valence-corrected chi connectivity index (χ2v) is 4.01. The smallest absolute Gasteiger partial charge is 0.181 e. The van der Waals surface area contributed by atoms with E-state index < -0.39 is 0 Å². The molecule has 1 aromatic rings. The summed E-state index contributed by atoms with van der Waals surface area (Å²) >= 11 is 0. The van der Waals surface area contributed by atoms with E-state index in [9.17, 15) is 4.79 Å². The Morgan fingerprint density at radius 1 is 1.43 bits per heavy atom. The summed E-state index contributed by atoms with van der Waals surface area (Å²) in [4.78, 5) is 11.2. The molecule has 14 heavy (non-hydrogen) atoms. The number of hydrogen-bond donors (Lipinski definition) is 0. The lowest BCUT2D eigenvalue weighted by Crippen LogP contribution is -2.08. The molecule has 1 aromatic heterocycles. The average molecular weight is 193 g/mol. The lowest BCUT2D eigenvalue weighted by Gasteiger charge is -2.20. The molecule has 1 fully saturated rings. The Hall–Kier alpha value is -1.12. The molecule has 0 N–H and O–H groups in total. The molecule has 0 amide bonds. The van der Waals surface area contributed by atoms with Crippen LogP contribution in [0.15, 0.2) is 10.8 Å². The van der Waals surface area contributed by atoms with E-state index in [1.807, 2.05) is 0 Å². The van der Waals surface area contributed by atoms with Crippen molar-refractivity contribution in [2.24, 2.45) is 0 Å². The molecule has 0 saturated heterocycles. The van der Waals surface area contributed by atoms with Gasteiger partial charge >= 0.3 is 0 Å². The minimum atomic E-state index is 0.0133. The fourth-order valence-corrected chi connectivity index (χ4v) is 2.22. The van der Waals surface area contributed by atoms with Crippen LogP contribution in [0.2, 0.25) is 0 Å². The van der Waals surface area contributed by atoms with Gasteiger partial charge in [-0.15, -0.1) is 0 Å². The first-order valence-corrected chi connectivity index (χ1v) is 5.24. The number of ketones is 1. The third-order valence-electron chi connectivity index (χ3n) is 2.98. The minimum Gasteiger partial charge on any atom is -0.364 e. The van der Waals surface area contributed by atoms with Gasteiger partial charge in [-0.2, -0.15) is 0 Å². The maximum Gasteiger partial charge on any atom is 0.181 e. The van der Waals surface area contributed by atoms with Crippen LogP contribution >= 0.6 is 0 Å². The molecule has 76 valence electrons. The summed E-state index contributed by atoms with van der Waals surface area (Å²) in [5.74, 6) is 0.508. The fourth-order valence-electron chi connectivity index (χ4n) is 2.22. The Kier molecular flexibility index (Phi) is 2.66. The van der Waals surface area contributed by atoms with Crippen molar-refractivity contribution in [2.45, 2.75) is 44.9 Å². The zero-order valence-electron chi connectivity index (χ0n) is 8.45. The minimum absolute atomic E-state index is 0.0133. The molecule has 0 bridgehead atoms. The molecule has 3 heteroatoms. The van der Waals surface area contributed by atoms with Gasteiger partial charge in [0, 0.05) is 12.5 Å². The van der Waals surface area contributed by atoms with Crippen LogP contribution in [0.1, 0.15) is 61.0 Å². The van der Waals surface area contributed by atoms with Crippen molar-refractivity contribution in [3.05, 3.63) is 17.5 Å². The molecule has 3 nitrogen and oxygen atoms in total. The summed E-state index contributed by atoms with van der Waals surface area (Å²) in [7, 11) is 0. The Morgan fingerprint density at radius 2 is 2.14 bits per heavy atom. The van der Waals surface area contributed by atoms with Crippen LogP contribution in [0.4, 0.5) is 0 Å². The SMILES string of the molecule is CC(=O)c1nocc1C1CCCCC1. The van der Waals surface area contributed by atoms with Crippen molar-refractivity contribution in [3.8, 4) is 0 Å². The van der Waals surface area contributed by atoms with Crippen LogP contribution in [0, 0.1) is 0 Å². The predicted octanol–water partition coefficient (Wildman–Crippen LogP) is 2.92. The summed E-state index contributed by atoms with van der Waals surface area (Å²) < 4.78 is 4.89. The van der Waals surface area contributed by atoms with Crippen molar-refractivity contribution in [1.29, 1.82) is 0 Å². The van der Waals surface area contributed by atoms with E-state index in [1.54, 1.807) is 13.2 Å². The van der Waals surface area contributed by atoms with E-state index in [2.05, 4.69) is 5.16 Å². The molecule has 0 aliphatic heterocycles. The van der Waals surface area contributed by atoms with Crippen LogP contribution in [-0.4, -0.2) is 10.9 Å². The van der Waals surface area contributed by atoms with Crippen molar-refractivity contribution in [3.63, 3.8) is 0 Å². The van der Waals surface area contributed by atoms with Crippen LogP contribution in [0.3, 0.4) is 0 Å². The first kappa shape index (κ1) is 9.44. The standard InChI is InChI=1S/C11H15NO2/c1-8(13)11-10(7-14-12-11)9-5-3-2-4-6-9/h7,9H,2-6H2,1H3. The third kappa shape index (κ3) is 1.72. The number of aromatic nitrogens is 1. The molecule has 0 spiro atoms. The van der Waals surface area contributed by atoms with Crippen LogP contribution < -0.4 is 0 Å². The van der Waals surface area contributed by atoms with Crippen LogP contribution in [-0.2, 0) is 0 Å². The highest BCUT2D eigenvalue weighted by Gasteiger charge is 2.22. The van der Waals surface area contributed by atoms with Crippen LogP contribution in [0.25, 0.3) is 0 Å². The molecule has 1 heterocycles. The van der Waals surface area contributed by atoms with Gasteiger partial charge in [-0.05, 0) is 18.8 Å². The molecule has 1 saturated carbocycles. The summed E-state index contributed by atoms with van der Waals surface area (Å²) in [6.07, 6.45) is 7.81. The Morgan fingerprint density at radius 3 is 2.79 bits per heavy atom. The molecule has 1 aliphatic rings. The Labute approximate surface area is 83.5 Å². The second kappa shape index (κ2) is 3.95.